The molecule has 28 heavy (non-hydrogen) atoms. The van der Waals surface area contributed by atoms with Crippen molar-refractivity contribution in [2.75, 3.05) is 44.7 Å². The minimum Gasteiger partial charge on any atom is -0.497 e. The summed E-state index contributed by atoms with van der Waals surface area (Å²) in [7, 11) is 1.70. The van der Waals surface area contributed by atoms with E-state index in [0.717, 1.165) is 61.4 Å². The maximum Gasteiger partial charge on any atom is 0.205 e. The molecule has 146 valence electrons. The molecular weight excluding hydrogens is 368 g/mol. The Labute approximate surface area is 170 Å². The van der Waals surface area contributed by atoms with Crippen molar-refractivity contribution >= 4 is 16.7 Å². The van der Waals surface area contributed by atoms with Gasteiger partial charge in [-0.1, -0.05) is 42.0 Å². The van der Waals surface area contributed by atoms with Gasteiger partial charge in [0.05, 0.1) is 7.11 Å². The molecule has 0 atom stereocenters. The monoisotopic (exact) mass is 394 g/mol. The average Bonchev–Trinajstić information content (AvgIpc) is 3.24. The SMILES string of the molecule is COc1ccc(CCN2CCN(c3nc(-c4ccc(C)cc4)ns3)CC2)cc1. The average molecular weight is 395 g/mol. The third-order valence-electron chi connectivity index (χ3n) is 5.24. The van der Waals surface area contributed by atoms with Crippen LogP contribution in [0.4, 0.5) is 5.13 Å². The zero-order valence-electron chi connectivity index (χ0n) is 16.5. The summed E-state index contributed by atoms with van der Waals surface area (Å²) in [4.78, 5) is 9.66. The smallest absolute Gasteiger partial charge is 0.205 e. The number of piperazine rings is 1. The van der Waals surface area contributed by atoms with Gasteiger partial charge in [0.1, 0.15) is 5.75 Å². The highest BCUT2D eigenvalue weighted by molar-refractivity contribution is 7.09. The molecular formula is C22H26N4OS. The van der Waals surface area contributed by atoms with E-state index in [0.29, 0.717) is 0 Å². The van der Waals surface area contributed by atoms with Gasteiger partial charge in [-0.05, 0) is 31.0 Å². The second-order valence-corrected chi connectivity index (χ2v) is 7.92. The zero-order valence-corrected chi connectivity index (χ0v) is 17.3. The van der Waals surface area contributed by atoms with Crippen LogP contribution in [0.1, 0.15) is 11.1 Å². The quantitative estimate of drug-likeness (QED) is 0.635. The van der Waals surface area contributed by atoms with Crippen LogP contribution in [0.2, 0.25) is 0 Å². The molecule has 1 aliphatic heterocycles. The van der Waals surface area contributed by atoms with E-state index in [9.17, 15) is 0 Å². The molecule has 2 aromatic carbocycles. The van der Waals surface area contributed by atoms with Crippen molar-refractivity contribution in [3.8, 4) is 17.1 Å². The molecule has 6 heteroatoms. The summed E-state index contributed by atoms with van der Waals surface area (Å²) in [5.74, 6) is 1.75. The summed E-state index contributed by atoms with van der Waals surface area (Å²) in [5, 5.41) is 1.03. The molecule has 5 nitrogen and oxygen atoms in total. The van der Waals surface area contributed by atoms with Crippen molar-refractivity contribution in [2.45, 2.75) is 13.3 Å². The van der Waals surface area contributed by atoms with Crippen molar-refractivity contribution in [1.29, 1.82) is 0 Å². The van der Waals surface area contributed by atoms with Crippen molar-refractivity contribution < 1.29 is 4.74 Å². The van der Waals surface area contributed by atoms with Crippen LogP contribution in [0.25, 0.3) is 11.4 Å². The van der Waals surface area contributed by atoms with E-state index < -0.39 is 0 Å². The van der Waals surface area contributed by atoms with E-state index in [1.54, 1.807) is 7.11 Å². The Morgan fingerprint density at radius 3 is 2.36 bits per heavy atom. The molecule has 4 rings (SSSR count). The first kappa shape index (κ1) is 18.9. The van der Waals surface area contributed by atoms with Crippen LogP contribution < -0.4 is 9.64 Å². The van der Waals surface area contributed by atoms with Gasteiger partial charge >= 0.3 is 0 Å². The predicted molar refractivity (Wildman–Crippen MR) is 115 cm³/mol. The van der Waals surface area contributed by atoms with E-state index in [1.807, 2.05) is 12.1 Å². The van der Waals surface area contributed by atoms with Crippen molar-refractivity contribution in [3.05, 3.63) is 59.7 Å². The highest BCUT2D eigenvalue weighted by atomic mass is 32.1. The Hall–Kier alpha value is -2.44. The molecule has 1 aromatic heterocycles. The maximum absolute atomic E-state index is 5.23. The number of aryl methyl sites for hydroxylation is 1. The van der Waals surface area contributed by atoms with E-state index in [-0.39, 0.29) is 0 Å². The molecule has 0 aliphatic carbocycles. The van der Waals surface area contributed by atoms with Gasteiger partial charge in [-0.15, -0.1) is 0 Å². The third-order valence-corrected chi connectivity index (χ3v) is 6.02. The van der Waals surface area contributed by atoms with Crippen molar-refractivity contribution in [1.82, 2.24) is 14.3 Å². The Bertz CT molecular complexity index is 884. The normalized spacial score (nSPS) is 15.0. The molecule has 0 amide bonds. The number of nitrogens with zero attached hydrogens (tertiary/aromatic N) is 4. The number of hydrogen-bond acceptors (Lipinski definition) is 6. The highest BCUT2D eigenvalue weighted by Crippen LogP contribution is 2.25. The number of benzene rings is 2. The topological polar surface area (TPSA) is 41.5 Å². The van der Waals surface area contributed by atoms with Crippen LogP contribution in [0, 0.1) is 6.92 Å². The fourth-order valence-electron chi connectivity index (χ4n) is 3.41. The van der Waals surface area contributed by atoms with Crippen LogP contribution in [0.3, 0.4) is 0 Å². The van der Waals surface area contributed by atoms with Gasteiger partial charge in [0.2, 0.25) is 5.13 Å². The molecule has 1 saturated heterocycles. The summed E-state index contributed by atoms with van der Waals surface area (Å²) in [6, 6.07) is 16.8. The van der Waals surface area contributed by atoms with E-state index in [2.05, 4.69) is 57.5 Å². The van der Waals surface area contributed by atoms with Crippen LogP contribution in [-0.2, 0) is 6.42 Å². The molecule has 0 bridgehead atoms. The molecule has 1 fully saturated rings. The lowest BCUT2D eigenvalue weighted by molar-refractivity contribution is 0.261. The maximum atomic E-state index is 5.23. The largest absolute Gasteiger partial charge is 0.497 e. The molecule has 2 heterocycles. The zero-order chi connectivity index (χ0) is 19.3. The van der Waals surface area contributed by atoms with Gasteiger partial charge in [-0.2, -0.15) is 9.36 Å². The summed E-state index contributed by atoms with van der Waals surface area (Å²) < 4.78 is 9.79. The Morgan fingerprint density at radius 2 is 1.68 bits per heavy atom. The van der Waals surface area contributed by atoms with Crippen LogP contribution in [0.15, 0.2) is 48.5 Å². The second-order valence-electron chi connectivity index (χ2n) is 7.19. The number of hydrogen-bond donors (Lipinski definition) is 0. The molecule has 0 radical (unpaired) electrons. The van der Waals surface area contributed by atoms with Gasteiger partial charge in [0.25, 0.3) is 0 Å². The van der Waals surface area contributed by atoms with Gasteiger partial charge in [0.15, 0.2) is 5.82 Å². The number of ether oxygens (including phenoxy) is 1. The highest BCUT2D eigenvalue weighted by Gasteiger charge is 2.20. The summed E-state index contributed by atoms with van der Waals surface area (Å²) in [5.41, 5.74) is 3.70. The van der Waals surface area contributed by atoms with Crippen molar-refractivity contribution in [2.24, 2.45) is 0 Å². The Balaban J connectivity index is 1.28. The number of anilines is 1. The van der Waals surface area contributed by atoms with Gasteiger partial charge in [-0.3, -0.25) is 4.90 Å². The third kappa shape index (κ3) is 4.51. The Kier molecular flexibility index (Phi) is 5.88. The Morgan fingerprint density at radius 1 is 0.964 bits per heavy atom. The summed E-state index contributed by atoms with van der Waals surface area (Å²) in [6.07, 6.45) is 1.07. The first-order chi connectivity index (χ1) is 13.7. The number of methoxy groups -OCH3 is 1. The predicted octanol–water partition coefficient (Wildman–Crippen LogP) is 3.89. The minimum absolute atomic E-state index is 0.835. The van der Waals surface area contributed by atoms with Gasteiger partial charge in [-0.25, -0.2) is 0 Å². The van der Waals surface area contributed by atoms with Crippen molar-refractivity contribution in [3.63, 3.8) is 0 Å². The number of rotatable bonds is 6. The van der Waals surface area contributed by atoms with Gasteiger partial charge < -0.3 is 9.64 Å². The lowest BCUT2D eigenvalue weighted by Gasteiger charge is -2.34. The van der Waals surface area contributed by atoms with Crippen LogP contribution in [0.5, 0.6) is 5.75 Å². The molecule has 0 unspecified atom stereocenters. The molecule has 1 aliphatic rings. The van der Waals surface area contributed by atoms with Crippen LogP contribution in [-0.4, -0.2) is 54.1 Å². The molecule has 0 saturated carbocycles. The standard InChI is InChI=1S/C22H26N4OS/c1-17-3-7-19(8-4-17)21-23-22(28-24-21)26-15-13-25(14-16-26)12-11-18-5-9-20(27-2)10-6-18/h3-10H,11-16H2,1-2H3. The molecule has 3 aromatic rings. The molecule has 0 N–H and O–H groups in total. The summed E-state index contributed by atoms with van der Waals surface area (Å²) >= 11 is 1.50. The lowest BCUT2D eigenvalue weighted by atomic mass is 10.1. The van der Waals surface area contributed by atoms with E-state index in [1.165, 1.54) is 22.7 Å². The van der Waals surface area contributed by atoms with E-state index in [4.69, 9.17) is 9.72 Å². The lowest BCUT2D eigenvalue weighted by Crippen LogP contribution is -2.47. The fourth-order valence-corrected chi connectivity index (χ4v) is 4.15. The minimum atomic E-state index is 0.835. The second kappa shape index (κ2) is 8.71. The van der Waals surface area contributed by atoms with Gasteiger partial charge in [0, 0.05) is 49.8 Å². The van der Waals surface area contributed by atoms with Crippen LogP contribution >= 0.6 is 11.5 Å². The first-order valence-electron chi connectivity index (χ1n) is 9.72. The fraction of sp³-hybridized carbons (Fsp3) is 0.364. The first-order valence-corrected chi connectivity index (χ1v) is 10.5. The number of aromatic nitrogens is 2. The molecule has 0 spiro atoms. The van der Waals surface area contributed by atoms with E-state index >= 15 is 0 Å². The summed E-state index contributed by atoms with van der Waals surface area (Å²) in [6.45, 7) is 7.32.